The molecule has 5 nitrogen and oxygen atoms in total. The average molecular weight is 340 g/mol. The molecule has 0 aliphatic carbocycles. The zero-order chi connectivity index (χ0) is 16.8. The van der Waals surface area contributed by atoms with E-state index in [9.17, 15) is 4.79 Å². The lowest BCUT2D eigenvalue weighted by molar-refractivity contribution is 0.0997. The molecule has 122 valence electrons. The number of hydrogen-bond acceptors (Lipinski definition) is 4. The molecule has 1 aliphatic rings. The first-order valence-corrected chi connectivity index (χ1v) is 8.40. The molecule has 0 radical (unpaired) electrons. The van der Waals surface area contributed by atoms with Gasteiger partial charge in [-0.15, -0.1) is 0 Å². The SMILES string of the molecule is Cc1ccc2sc(=NC(=O)c3ccc4c(c3)OCO4)n(C)c2c1C. The van der Waals surface area contributed by atoms with Crippen LogP contribution in [0.2, 0.25) is 0 Å². The highest BCUT2D eigenvalue weighted by atomic mass is 32.1. The van der Waals surface area contributed by atoms with Crippen molar-refractivity contribution in [2.24, 2.45) is 12.0 Å². The van der Waals surface area contributed by atoms with Crippen molar-refractivity contribution in [2.45, 2.75) is 13.8 Å². The molecule has 24 heavy (non-hydrogen) atoms. The molecule has 2 heterocycles. The van der Waals surface area contributed by atoms with Gasteiger partial charge in [-0.05, 0) is 49.2 Å². The molecule has 0 N–H and O–H groups in total. The van der Waals surface area contributed by atoms with Gasteiger partial charge in [0.2, 0.25) is 6.79 Å². The van der Waals surface area contributed by atoms with Gasteiger partial charge in [0.05, 0.1) is 10.2 Å². The van der Waals surface area contributed by atoms with Gasteiger partial charge in [0.1, 0.15) is 0 Å². The minimum Gasteiger partial charge on any atom is -0.454 e. The second kappa shape index (κ2) is 5.49. The van der Waals surface area contributed by atoms with E-state index in [1.807, 2.05) is 11.6 Å². The van der Waals surface area contributed by atoms with Gasteiger partial charge in [-0.1, -0.05) is 17.4 Å². The number of aryl methyl sites for hydroxylation is 3. The smallest absolute Gasteiger partial charge is 0.279 e. The Labute approximate surface area is 142 Å². The Balaban J connectivity index is 1.81. The number of rotatable bonds is 1. The van der Waals surface area contributed by atoms with Gasteiger partial charge in [-0.2, -0.15) is 4.99 Å². The fourth-order valence-electron chi connectivity index (χ4n) is 2.82. The molecule has 2 aromatic carbocycles. The van der Waals surface area contributed by atoms with Crippen LogP contribution in [-0.2, 0) is 7.05 Å². The number of carbonyl (C=O) groups is 1. The third-order valence-electron chi connectivity index (χ3n) is 4.31. The maximum absolute atomic E-state index is 12.5. The number of fused-ring (bicyclic) bond motifs is 2. The predicted molar refractivity (Wildman–Crippen MR) is 92.7 cm³/mol. The highest BCUT2D eigenvalue weighted by Crippen LogP contribution is 2.32. The lowest BCUT2D eigenvalue weighted by Gasteiger charge is -2.03. The quantitative estimate of drug-likeness (QED) is 0.683. The van der Waals surface area contributed by atoms with E-state index in [4.69, 9.17) is 9.47 Å². The molecule has 0 fully saturated rings. The van der Waals surface area contributed by atoms with E-state index in [1.165, 1.54) is 22.5 Å². The van der Waals surface area contributed by atoms with E-state index in [-0.39, 0.29) is 12.7 Å². The van der Waals surface area contributed by atoms with Crippen LogP contribution in [0.4, 0.5) is 0 Å². The third-order valence-corrected chi connectivity index (χ3v) is 5.40. The summed E-state index contributed by atoms with van der Waals surface area (Å²) < 4.78 is 13.7. The van der Waals surface area contributed by atoms with E-state index in [0.29, 0.717) is 21.9 Å². The first kappa shape index (κ1) is 15.0. The molecule has 0 bridgehead atoms. The normalized spacial score (nSPS) is 13.7. The minimum absolute atomic E-state index is 0.189. The summed E-state index contributed by atoms with van der Waals surface area (Å²) in [5, 5.41) is 0. The van der Waals surface area contributed by atoms with Crippen molar-refractivity contribution < 1.29 is 14.3 Å². The highest BCUT2D eigenvalue weighted by Gasteiger charge is 2.16. The standard InChI is InChI=1S/C18H16N2O3S/c1-10-4-7-15-16(11(10)2)20(3)18(24-15)19-17(21)12-5-6-13-14(8-12)23-9-22-13/h4-8H,9H2,1-3H3. The second-order valence-electron chi connectivity index (χ2n) is 5.78. The van der Waals surface area contributed by atoms with Gasteiger partial charge in [0.25, 0.3) is 5.91 Å². The first-order chi connectivity index (χ1) is 11.5. The Kier molecular flexibility index (Phi) is 3.42. The van der Waals surface area contributed by atoms with Gasteiger partial charge >= 0.3 is 0 Å². The number of thiazole rings is 1. The Morgan fingerprint density at radius 3 is 2.79 bits per heavy atom. The van der Waals surface area contributed by atoms with Gasteiger partial charge in [0.15, 0.2) is 16.3 Å². The van der Waals surface area contributed by atoms with Crippen molar-refractivity contribution in [1.82, 2.24) is 4.57 Å². The highest BCUT2D eigenvalue weighted by molar-refractivity contribution is 7.16. The molecule has 4 rings (SSSR count). The van der Waals surface area contributed by atoms with E-state index in [2.05, 4.69) is 31.0 Å². The fourth-order valence-corrected chi connectivity index (χ4v) is 3.89. The molecule has 1 amide bonds. The van der Waals surface area contributed by atoms with Crippen molar-refractivity contribution in [3.63, 3.8) is 0 Å². The van der Waals surface area contributed by atoms with Crippen molar-refractivity contribution in [3.8, 4) is 11.5 Å². The molecule has 3 aromatic rings. The maximum Gasteiger partial charge on any atom is 0.279 e. The summed E-state index contributed by atoms with van der Waals surface area (Å²) in [5.41, 5.74) is 4.05. The summed E-state index contributed by atoms with van der Waals surface area (Å²) in [7, 11) is 1.94. The molecule has 1 aromatic heterocycles. The van der Waals surface area contributed by atoms with Crippen LogP contribution in [0.5, 0.6) is 11.5 Å². The Hall–Kier alpha value is -2.60. The average Bonchev–Trinajstić information content (AvgIpc) is 3.15. The zero-order valence-electron chi connectivity index (χ0n) is 13.6. The number of nitrogens with zero attached hydrogens (tertiary/aromatic N) is 2. The molecule has 0 unspecified atom stereocenters. The van der Waals surface area contributed by atoms with Crippen LogP contribution in [0.25, 0.3) is 10.2 Å². The zero-order valence-corrected chi connectivity index (χ0v) is 14.4. The van der Waals surface area contributed by atoms with Gasteiger partial charge in [0, 0.05) is 12.6 Å². The summed E-state index contributed by atoms with van der Waals surface area (Å²) in [5.74, 6) is 0.957. The molecule has 0 saturated heterocycles. The monoisotopic (exact) mass is 340 g/mol. The number of benzene rings is 2. The number of ether oxygens (including phenoxy) is 2. The minimum atomic E-state index is -0.287. The number of aromatic nitrogens is 1. The molecular weight excluding hydrogens is 324 g/mol. The molecule has 6 heteroatoms. The maximum atomic E-state index is 12.5. The first-order valence-electron chi connectivity index (χ1n) is 7.59. The van der Waals surface area contributed by atoms with Crippen molar-refractivity contribution in [1.29, 1.82) is 0 Å². The second-order valence-corrected chi connectivity index (χ2v) is 6.79. The van der Waals surface area contributed by atoms with Crippen molar-refractivity contribution in [2.75, 3.05) is 6.79 Å². The van der Waals surface area contributed by atoms with Gasteiger partial charge < -0.3 is 14.0 Å². The number of amides is 1. The van der Waals surface area contributed by atoms with Crippen LogP contribution < -0.4 is 14.3 Å². The Morgan fingerprint density at radius 2 is 1.96 bits per heavy atom. The number of carbonyl (C=O) groups excluding carboxylic acids is 1. The Morgan fingerprint density at radius 1 is 1.17 bits per heavy atom. The third kappa shape index (κ3) is 2.30. The molecular formula is C18H16N2O3S. The summed E-state index contributed by atoms with van der Waals surface area (Å²) in [4.78, 5) is 17.5. The Bertz CT molecular complexity index is 1050. The van der Waals surface area contributed by atoms with Crippen LogP contribution in [0.1, 0.15) is 21.5 Å². The summed E-state index contributed by atoms with van der Waals surface area (Å²) in [6, 6.07) is 9.30. The topological polar surface area (TPSA) is 52.8 Å². The van der Waals surface area contributed by atoms with Crippen LogP contribution in [0.15, 0.2) is 35.3 Å². The predicted octanol–water partition coefficient (Wildman–Crippen LogP) is 3.33. The van der Waals surface area contributed by atoms with E-state index in [1.54, 1.807) is 18.2 Å². The van der Waals surface area contributed by atoms with Crippen molar-refractivity contribution >= 4 is 27.5 Å². The van der Waals surface area contributed by atoms with Crippen molar-refractivity contribution in [3.05, 3.63) is 51.8 Å². The van der Waals surface area contributed by atoms with E-state index in [0.717, 1.165) is 10.2 Å². The van der Waals surface area contributed by atoms with Gasteiger partial charge in [-0.25, -0.2) is 0 Å². The summed E-state index contributed by atoms with van der Waals surface area (Å²) in [6.07, 6.45) is 0. The summed E-state index contributed by atoms with van der Waals surface area (Å²) >= 11 is 1.51. The largest absolute Gasteiger partial charge is 0.454 e. The lowest BCUT2D eigenvalue weighted by atomic mass is 10.1. The molecule has 0 saturated carbocycles. The lowest BCUT2D eigenvalue weighted by Crippen LogP contribution is -2.13. The van der Waals surface area contributed by atoms with E-state index >= 15 is 0 Å². The number of hydrogen-bond donors (Lipinski definition) is 0. The van der Waals surface area contributed by atoms with Gasteiger partial charge in [-0.3, -0.25) is 4.79 Å². The van der Waals surface area contributed by atoms with Crippen LogP contribution >= 0.6 is 11.3 Å². The molecule has 0 atom stereocenters. The van der Waals surface area contributed by atoms with Crippen LogP contribution in [0, 0.1) is 13.8 Å². The fraction of sp³-hybridized carbons (Fsp3) is 0.222. The molecule has 1 aliphatic heterocycles. The van der Waals surface area contributed by atoms with Crippen LogP contribution in [0.3, 0.4) is 0 Å². The van der Waals surface area contributed by atoms with E-state index < -0.39 is 0 Å². The summed E-state index contributed by atoms with van der Waals surface area (Å²) in [6.45, 7) is 4.36. The molecule has 0 spiro atoms. The van der Waals surface area contributed by atoms with Crippen LogP contribution in [-0.4, -0.2) is 17.3 Å².